The van der Waals surface area contributed by atoms with Crippen molar-refractivity contribution in [2.45, 2.75) is 33.9 Å². The minimum absolute atomic E-state index is 0.0855. The van der Waals surface area contributed by atoms with Crippen LogP contribution in [-0.2, 0) is 13.1 Å². The van der Waals surface area contributed by atoms with Crippen molar-refractivity contribution in [2.75, 3.05) is 6.54 Å². The number of nitrogens with zero attached hydrogens (tertiary/aromatic N) is 6. The molecule has 8 heteroatoms. The first-order valence-electron chi connectivity index (χ1n) is 9.60. The van der Waals surface area contributed by atoms with E-state index in [1.807, 2.05) is 62.0 Å². The van der Waals surface area contributed by atoms with Crippen LogP contribution in [0.4, 0.5) is 0 Å². The summed E-state index contributed by atoms with van der Waals surface area (Å²) in [7, 11) is 0. The zero-order valence-electron chi connectivity index (χ0n) is 16.7. The van der Waals surface area contributed by atoms with Crippen molar-refractivity contribution in [3.05, 3.63) is 59.7 Å². The van der Waals surface area contributed by atoms with Crippen LogP contribution in [0.25, 0.3) is 22.2 Å². The van der Waals surface area contributed by atoms with Crippen LogP contribution in [0.15, 0.2) is 47.4 Å². The largest absolute Gasteiger partial charge is 0.333 e. The molecule has 0 atom stereocenters. The van der Waals surface area contributed by atoms with Crippen LogP contribution >= 0.6 is 0 Å². The molecule has 0 radical (unpaired) electrons. The highest BCUT2D eigenvalue weighted by Gasteiger charge is 2.21. The Labute approximate surface area is 168 Å². The Morgan fingerprint density at radius 2 is 2.03 bits per heavy atom. The number of carbonyl (C=O) groups is 1. The predicted octanol–water partition coefficient (Wildman–Crippen LogP) is 3.47. The first-order valence-corrected chi connectivity index (χ1v) is 9.60. The molecule has 4 aromatic rings. The van der Waals surface area contributed by atoms with Crippen molar-refractivity contribution in [3.8, 4) is 11.3 Å². The van der Waals surface area contributed by atoms with Crippen molar-refractivity contribution in [1.82, 2.24) is 30.0 Å². The average molecular weight is 390 g/mol. The highest BCUT2D eigenvalue weighted by atomic mass is 16.6. The maximum Gasteiger partial charge on any atom is 0.254 e. The normalized spacial score (nSPS) is 11.1. The third-order valence-electron chi connectivity index (χ3n) is 4.96. The van der Waals surface area contributed by atoms with Gasteiger partial charge in [-0.15, -0.1) is 0 Å². The van der Waals surface area contributed by atoms with Crippen molar-refractivity contribution in [3.63, 3.8) is 0 Å². The van der Waals surface area contributed by atoms with Gasteiger partial charge in [0.05, 0.1) is 29.5 Å². The summed E-state index contributed by atoms with van der Waals surface area (Å²) in [5.74, 6) is -0.0855. The smallest absolute Gasteiger partial charge is 0.254 e. The standard InChI is InChI=1S/C21H22N6O2/c1-4-26(13-20-14(3)24-29-25-20)21(28)17-10-19(15-11-22-27(5-2)12-15)23-18-9-7-6-8-16(17)18/h6-12H,4-5,13H2,1-3H3. The van der Waals surface area contributed by atoms with Crippen LogP contribution in [0, 0.1) is 6.92 Å². The highest BCUT2D eigenvalue weighted by Crippen LogP contribution is 2.26. The summed E-state index contributed by atoms with van der Waals surface area (Å²) >= 11 is 0. The minimum atomic E-state index is -0.0855. The van der Waals surface area contributed by atoms with Crippen molar-refractivity contribution >= 4 is 16.8 Å². The van der Waals surface area contributed by atoms with Gasteiger partial charge in [0.15, 0.2) is 0 Å². The van der Waals surface area contributed by atoms with Crippen LogP contribution in [-0.4, -0.2) is 42.4 Å². The molecule has 0 bridgehead atoms. The Morgan fingerprint density at radius 3 is 2.72 bits per heavy atom. The van der Waals surface area contributed by atoms with Crippen LogP contribution in [0.3, 0.4) is 0 Å². The molecule has 0 aliphatic rings. The summed E-state index contributed by atoms with van der Waals surface area (Å²) in [5.41, 5.74) is 4.32. The van der Waals surface area contributed by atoms with Crippen molar-refractivity contribution in [1.29, 1.82) is 0 Å². The van der Waals surface area contributed by atoms with Gasteiger partial charge in [-0.2, -0.15) is 5.10 Å². The van der Waals surface area contributed by atoms with Gasteiger partial charge in [0, 0.05) is 30.2 Å². The first-order chi connectivity index (χ1) is 14.1. The Morgan fingerprint density at radius 1 is 1.21 bits per heavy atom. The monoisotopic (exact) mass is 390 g/mol. The fourth-order valence-electron chi connectivity index (χ4n) is 3.24. The summed E-state index contributed by atoms with van der Waals surface area (Å²) in [6, 6.07) is 9.52. The number of rotatable bonds is 6. The van der Waals surface area contributed by atoms with Gasteiger partial charge in [-0.05, 0) is 32.9 Å². The number of aryl methyl sites for hydroxylation is 2. The van der Waals surface area contributed by atoms with Crippen molar-refractivity contribution in [2.24, 2.45) is 0 Å². The van der Waals surface area contributed by atoms with Gasteiger partial charge < -0.3 is 4.90 Å². The third kappa shape index (κ3) is 3.61. The second-order valence-corrected chi connectivity index (χ2v) is 6.77. The van der Waals surface area contributed by atoms with E-state index in [1.165, 1.54) is 0 Å². The van der Waals surface area contributed by atoms with Crippen LogP contribution in [0.5, 0.6) is 0 Å². The van der Waals surface area contributed by atoms with E-state index in [1.54, 1.807) is 11.1 Å². The lowest BCUT2D eigenvalue weighted by Gasteiger charge is -2.21. The molecule has 8 nitrogen and oxygen atoms in total. The van der Waals surface area contributed by atoms with Crippen molar-refractivity contribution < 1.29 is 9.42 Å². The molecule has 0 saturated carbocycles. The Hall–Kier alpha value is -3.55. The van der Waals surface area contributed by atoms with Gasteiger partial charge in [-0.3, -0.25) is 9.48 Å². The molecule has 29 heavy (non-hydrogen) atoms. The molecule has 0 saturated heterocycles. The SMILES string of the molecule is CCN(Cc1nonc1C)C(=O)c1cc(-c2cnn(CC)c2)nc2ccccc12. The molecule has 3 heterocycles. The number of amides is 1. The zero-order valence-corrected chi connectivity index (χ0v) is 16.7. The molecule has 1 aromatic carbocycles. The lowest BCUT2D eigenvalue weighted by Crippen LogP contribution is -2.31. The molecule has 0 N–H and O–H groups in total. The average Bonchev–Trinajstić information content (AvgIpc) is 3.39. The Balaban J connectivity index is 1.78. The van der Waals surface area contributed by atoms with Gasteiger partial charge in [0.1, 0.15) is 11.4 Å². The highest BCUT2D eigenvalue weighted by molar-refractivity contribution is 6.07. The van der Waals surface area contributed by atoms with Crippen LogP contribution < -0.4 is 0 Å². The zero-order chi connectivity index (χ0) is 20.4. The lowest BCUT2D eigenvalue weighted by molar-refractivity contribution is 0.0750. The van der Waals surface area contributed by atoms with Crippen LogP contribution in [0.1, 0.15) is 35.6 Å². The second-order valence-electron chi connectivity index (χ2n) is 6.77. The Kier molecular flexibility index (Phi) is 5.07. The van der Waals surface area contributed by atoms with Gasteiger partial charge in [-0.1, -0.05) is 28.5 Å². The molecule has 148 valence electrons. The van der Waals surface area contributed by atoms with Gasteiger partial charge in [-0.25, -0.2) is 9.61 Å². The quantitative estimate of drug-likeness (QED) is 0.501. The fraction of sp³-hybridized carbons (Fsp3) is 0.286. The van der Waals surface area contributed by atoms with Gasteiger partial charge in [0.25, 0.3) is 5.91 Å². The molecule has 0 unspecified atom stereocenters. The van der Waals surface area contributed by atoms with E-state index < -0.39 is 0 Å². The number of hydrogen-bond donors (Lipinski definition) is 0. The summed E-state index contributed by atoms with van der Waals surface area (Å²) in [4.78, 5) is 20.0. The van der Waals surface area contributed by atoms with E-state index in [2.05, 4.69) is 15.4 Å². The van der Waals surface area contributed by atoms with E-state index in [0.29, 0.717) is 30.0 Å². The minimum Gasteiger partial charge on any atom is -0.333 e. The molecule has 0 spiro atoms. The van der Waals surface area contributed by atoms with E-state index in [0.717, 1.165) is 28.7 Å². The van der Waals surface area contributed by atoms with Gasteiger partial charge in [0.2, 0.25) is 0 Å². The molecule has 0 aliphatic heterocycles. The molecule has 3 aromatic heterocycles. The molecule has 0 aliphatic carbocycles. The topological polar surface area (TPSA) is 89.9 Å². The summed E-state index contributed by atoms with van der Waals surface area (Å²) in [6.45, 7) is 7.43. The fourth-order valence-corrected chi connectivity index (χ4v) is 3.24. The number of hydrogen-bond acceptors (Lipinski definition) is 6. The second kappa shape index (κ2) is 7.83. The summed E-state index contributed by atoms with van der Waals surface area (Å²) < 4.78 is 6.62. The van der Waals surface area contributed by atoms with E-state index in [4.69, 9.17) is 9.61 Å². The molecular weight excluding hydrogens is 368 g/mol. The summed E-state index contributed by atoms with van der Waals surface area (Å²) in [6.07, 6.45) is 3.71. The first kappa shape index (κ1) is 18.8. The number of fused-ring (bicyclic) bond motifs is 1. The Bertz CT molecular complexity index is 1160. The number of para-hydroxylation sites is 1. The maximum absolute atomic E-state index is 13.5. The number of carbonyl (C=O) groups excluding carboxylic acids is 1. The molecular formula is C21H22N6O2. The van der Waals surface area contributed by atoms with E-state index in [9.17, 15) is 4.79 Å². The lowest BCUT2D eigenvalue weighted by atomic mass is 10.0. The number of pyridine rings is 1. The third-order valence-corrected chi connectivity index (χ3v) is 4.96. The number of aromatic nitrogens is 5. The van der Waals surface area contributed by atoms with Crippen LogP contribution in [0.2, 0.25) is 0 Å². The van der Waals surface area contributed by atoms with E-state index >= 15 is 0 Å². The number of benzene rings is 1. The summed E-state index contributed by atoms with van der Waals surface area (Å²) in [5, 5.41) is 12.9. The molecule has 0 fully saturated rings. The maximum atomic E-state index is 13.5. The molecule has 4 rings (SSSR count). The van der Waals surface area contributed by atoms with E-state index in [-0.39, 0.29) is 5.91 Å². The predicted molar refractivity (Wildman–Crippen MR) is 108 cm³/mol. The van der Waals surface area contributed by atoms with Gasteiger partial charge >= 0.3 is 0 Å². The molecule has 1 amide bonds.